The van der Waals surface area contributed by atoms with Crippen LogP contribution < -0.4 is 15.8 Å². The van der Waals surface area contributed by atoms with Crippen LogP contribution in [0.15, 0.2) is 24.3 Å². The molecule has 23 heavy (non-hydrogen) atoms. The highest BCUT2D eigenvalue weighted by molar-refractivity contribution is 5.93. The summed E-state index contributed by atoms with van der Waals surface area (Å²) >= 11 is 0. The molecule has 2 fully saturated rings. The molecule has 2 bridgehead atoms. The molecule has 1 aromatic carbocycles. The number of benzene rings is 1. The number of amides is 1. The molecule has 5 unspecified atom stereocenters. The molecule has 0 aliphatic heterocycles. The minimum absolute atomic E-state index is 0. The van der Waals surface area contributed by atoms with Gasteiger partial charge in [-0.2, -0.15) is 0 Å². The Morgan fingerprint density at radius 2 is 1.96 bits per heavy atom. The number of hydrogen-bond donors (Lipinski definition) is 2. The van der Waals surface area contributed by atoms with E-state index in [-0.39, 0.29) is 36.4 Å². The number of anilines is 1. The van der Waals surface area contributed by atoms with E-state index in [0.29, 0.717) is 11.8 Å². The normalized spacial score (nSPS) is 29.7. The van der Waals surface area contributed by atoms with Crippen LogP contribution in [0.3, 0.4) is 0 Å². The van der Waals surface area contributed by atoms with Gasteiger partial charge in [-0.3, -0.25) is 4.79 Å². The molecule has 2 aliphatic rings. The number of halogens is 1. The van der Waals surface area contributed by atoms with Crippen LogP contribution in [0.1, 0.15) is 39.5 Å². The number of carbonyl (C=O) groups is 1. The molecule has 0 radical (unpaired) electrons. The topological polar surface area (TPSA) is 64.3 Å². The van der Waals surface area contributed by atoms with Gasteiger partial charge in [0.2, 0.25) is 5.91 Å². The Balaban J connectivity index is 0.00000192. The molecule has 5 heteroatoms. The van der Waals surface area contributed by atoms with Crippen LogP contribution in [0.5, 0.6) is 5.75 Å². The Morgan fingerprint density at radius 3 is 2.52 bits per heavy atom. The third-order valence-corrected chi connectivity index (χ3v) is 5.32. The summed E-state index contributed by atoms with van der Waals surface area (Å²) < 4.78 is 5.75. The average Bonchev–Trinajstić information content (AvgIpc) is 3.10. The fourth-order valence-electron chi connectivity index (χ4n) is 3.88. The van der Waals surface area contributed by atoms with Gasteiger partial charge in [-0.25, -0.2) is 0 Å². The van der Waals surface area contributed by atoms with Crippen molar-refractivity contribution in [3.8, 4) is 5.75 Å². The minimum Gasteiger partial charge on any atom is -0.491 e. The lowest BCUT2D eigenvalue weighted by molar-refractivity contribution is -0.121. The van der Waals surface area contributed by atoms with E-state index in [2.05, 4.69) is 12.2 Å². The third-order valence-electron chi connectivity index (χ3n) is 5.32. The van der Waals surface area contributed by atoms with E-state index in [1.54, 1.807) is 0 Å². The Bertz CT molecular complexity index is 532. The van der Waals surface area contributed by atoms with Gasteiger partial charge in [-0.15, -0.1) is 12.4 Å². The smallest absolute Gasteiger partial charge is 0.229 e. The monoisotopic (exact) mass is 338 g/mol. The summed E-state index contributed by atoms with van der Waals surface area (Å²) in [7, 11) is 0. The highest BCUT2D eigenvalue weighted by Gasteiger charge is 2.49. The van der Waals surface area contributed by atoms with Gasteiger partial charge in [0.05, 0.1) is 12.0 Å². The van der Waals surface area contributed by atoms with Crippen molar-refractivity contribution in [3.05, 3.63) is 24.3 Å². The lowest BCUT2D eigenvalue weighted by Crippen LogP contribution is -2.42. The zero-order chi connectivity index (χ0) is 15.7. The van der Waals surface area contributed by atoms with Gasteiger partial charge < -0.3 is 15.8 Å². The summed E-state index contributed by atoms with van der Waals surface area (Å²) in [6.07, 6.45) is 4.64. The van der Waals surface area contributed by atoms with Gasteiger partial charge in [-0.1, -0.05) is 6.92 Å². The Hall–Kier alpha value is -1.26. The van der Waals surface area contributed by atoms with Gasteiger partial charge in [0.15, 0.2) is 0 Å². The summed E-state index contributed by atoms with van der Waals surface area (Å²) in [5, 5.41) is 3.02. The molecule has 0 saturated heterocycles. The van der Waals surface area contributed by atoms with Gasteiger partial charge >= 0.3 is 0 Å². The van der Waals surface area contributed by atoms with Gasteiger partial charge in [0, 0.05) is 11.7 Å². The van der Waals surface area contributed by atoms with E-state index in [4.69, 9.17) is 10.5 Å². The maximum atomic E-state index is 12.5. The molecule has 4 nitrogen and oxygen atoms in total. The van der Waals surface area contributed by atoms with Crippen molar-refractivity contribution in [2.24, 2.45) is 23.5 Å². The summed E-state index contributed by atoms with van der Waals surface area (Å²) in [5.41, 5.74) is 7.05. The highest BCUT2D eigenvalue weighted by Crippen LogP contribution is 2.47. The van der Waals surface area contributed by atoms with E-state index in [1.165, 1.54) is 6.42 Å². The van der Waals surface area contributed by atoms with Crippen molar-refractivity contribution < 1.29 is 9.53 Å². The zero-order valence-electron chi connectivity index (χ0n) is 13.8. The molecular formula is C18H27ClN2O2. The van der Waals surface area contributed by atoms with Crippen LogP contribution in [0, 0.1) is 17.8 Å². The van der Waals surface area contributed by atoms with E-state index >= 15 is 0 Å². The summed E-state index contributed by atoms with van der Waals surface area (Å²) in [4.78, 5) is 12.5. The first kappa shape index (κ1) is 18.1. The number of ether oxygens (including phenoxy) is 1. The van der Waals surface area contributed by atoms with Crippen LogP contribution in [0.2, 0.25) is 0 Å². The van der Waals surface area contributed by atoms with Crippen LogP contribution in [-0.4, -0.2) is 18.1 Å². The number of carbonyl (C=O) groups excluding carboxylic acids is 1. The second-order valence-corrected chi connectivity index (χ2v) is 6.79. The largest absolute Gasteiger partial charge is 0.491 e. The predicted octanol–water partition coefficient (Wildman–Crippen LogP) is 3.60. The maximum Gasteiger partial charge on any atom is 0.229 e. The van der Waals surface area contributed by atoms with E-state index in [1.807, 2.05) is 31.2 Å². The van der Waals surface area contributed by atoms with Crippen LogP contribution >= 0.6 is 12.4 Å². The van der Waals surface area contributed by atoms with Crippen molar-refractivity contribution >= 4 is 24.0 Å². The second kappa shape index (κ2) is 7.54. The van der Waals surface area contributed by atoms with Crippen LogP contribution in [0.25, 0.3) is 0 Å². The third kappa shape index (κ3) is 3.81. The van der Waals surface area contributed by atoms with Gasteiger partial charge in [0.1, 0.15) is 5.75 Å². The number of nitrogens with one attached hydrogen (secondary N) is 1. The molecule has 1 amide bonds. The molecule has 0 spiro atoms. The molecule has 3 rings (SSSR count). The van der Waals surface area contributed by atoms with Crippen molar-refractivity contribution in [3.63, 3.8) is 0 Å². The molecule has 3 N–H and O–H groups in total. The van der Waals surface area contributed by atoms with E-state index in [0.717, 1.165) is 30.7 Å². The Kier molecular flexibility index (Phi) is 5.93. The fourth-order valence-corrected chi connectivity index (χ4v) is 3.88. The van der Waals surface area contributed by atoms with Crippen LogP contribution in [-0.2, 0) is 4.79 Å². The summed E-state index contributed by atoms with van der Waals surface area (Å²) in [6, 6.07) is 7.64. The number of hydrogen-bond acceptors (Lipinski definition) is 3. The van der Waals surface area contributed by atoms with Gasteiger partial charge in [-0.05, 0) is 68.7 Å². The van der Waals surface area contributed by atoms with Crippen molar-refractivity contribution in [2.45, 2.75) is 51.7 Å². The summed E-state index contributed by atoms with van der Waals surface area (Å²) in [6.45, 7) is 4.14. The second-order valence-electron chi connectivity index (χ2n) is 6.79. The van der Waals surface area contributed by atoms with Crippen molar-refractivity contribution in [1.29, 1.82) is 0 Å². The molecular weight excluding hydrogens is 312 g/mol. The first-order valence-corrected chi connectivity index (χ1v) is 8.41. The first-order chi connectivity index (χ1) is 10.6. The fraction of sp³-hybridized carbons (Fsp3) is 0.611. The average molecular weight is 339 g/mol. The van der Waals surface area contributed by atoms with E-state index < -0.39 is 0 Å². The van der Waals surface area contributed by atoms with E-state index in [9.17, 15) is 4.79 Å². The number of rotatable bonds is 5. The summed E-state index contributed by atoms with van der Waals surface area (Å²) in [5.74, 6) is 1.93. The highest BCUT2D eigenvalue weighted by atomic mass is 35.5. The molecule has 5 atom stereocenters. The van der Waals surface area contributed by atoms with Crippen molar-refractivity contribution in [2.75, 3.05) is 5.32 Å². The number of nitrogens with two attached hydrogens (primary N) is 1. The minimum atomic E-state index is -0.0187. The Morgan fingerprint density at radius 1 is 1.30 bits per heavy atom. The maximum absolute atomic E-state index is 12.5. The van der Waals surface area contributed by atoms with Gasteiger partial charge in [0.25, 0.3) is 0 Å². The molecule has 1 aromatic rings. The lowest BCUT2D eigenvalue weighted by atomic mass is 9.84. The quantitative estimate of drug-likeness (QED) is 0.862. The standard InChI is InChI=1S/C18H26N2O2.ClH/c1-3-11(2)22-15-8-6-14(7-9-15)20-18(21)16-12-4-5-13(10-12)17(16)19;/h6-9,11-13,16-17H,3-5,10,19H2,1-2H3,(H,20,21);1H. The lowest BCUT2D eigenvalue weighted by Gasteiger charge is -2.27. The molecule has 2 saturated carbocycles. The SMILES string of the molecule is CCC(C)Oc1ccc(NC(=O)C2C3CCC(C3)C2N)cc1.Cl. The first-order valence-electron chi connectivity index (χ1n) is 8.41. The zero-order valence-corrected chi connectivity index (χ0v) is 14.6. The molecule has 128 valence electrons. The van der Waals surface area contributed by atoms with Crippen molar-refractivity contribution in [1.82, 2.24) is 0 Å². The Labute approximate surface area is 144 Å². The van der Waals surface area contributed by atoms with Crippen LogP contribution in [0.4, 0.5) is 5.69 Å². The number of fused-ring (bicyclic) bond motifs is 2. The molecule has 2 aliphatic carbocycles. The molecule has 0 aromatic heterocycles. The predicted molar refractivity (Wildman–Crippen MR) is 95.0 cm³/mol. The molecule has 0 heterocycles.